The number of nitrogens with one attached hydrogen (secondary N) is 1. The smallest absolute Gasteiger partial charge is 0.246 e. The Morgan fingerprint density at radius 2 is 2.00 bits per heavy atom. The molecule has 0 radical (unpaired) electrons. The number of fused-ring (bicyclic) bond motifs is 1. The maximum atomic E-state index is 12.8. The average molecular weight is 395 g/mol. The first-order chi connectivity index (χ1) is 14.0. The number of piperidine rings is 1. The molecule has 2 amide bonds. The second-order valence-corrected chi connectivity index (χ2v) is 7.57. The minimum Gasteiger partial charge on any atom is -0.350 e. The highest BCUT2D eigenvalue weighted by molar-refractivity contribution is 5.89. The molecule has 1 fully saturated rings. The second-order valence-electron chi connectivity index (χ2n) is 7.57. The average Bonchev–Trinajstić information content (AvgIpc) is 3.29. The van der Waals surface area contributed by atoms with Gasteiger partial charge in [-0.25, -0.2) is 0 Å². The topological polar surface area (TPSA) is 93.3 Å². The summed E-state index contributed by atoms with van der Waals surface area (Å²) in [4.78, 5) is 31.1. The van der Waals surface area contributed by atoms with Crippen LogP contribution in [0.15, 0.2) is 35.0 Å². The van der Waals surface area contributed by atoms with Crippen LogP contribution in [0.5, 0.6) is 0 Å². The lowest BCUT2D eigenvalue weighted by Gasteiger charge is -2.31. The normalized spacial score (nSPS) is 15.0. The third-order valence-corrected chi connectivity index (χ3v) is 5.52. The van der Waals surface area contributed by atoms with E-state index in [0.29, 0.717) is 44.1 Å². The Kier molecular flexibility index (Phi) is 5.33. The molecule has 3 aromatic rings. The standard InChI is InChI=1S/C21H25N5O3/c1-14-23-19(29-24-14)12-22-21(28)15-7-9-26(10-8-15)20(27)11-16-13-25(2)18-6-4-3-5-17(16)18/h3-6,13,15H,7-12H2,1-2H3,(H,22,28). The zero-order chi connectivity index (χ0) is 20.4. The van der Waals surface area contributed by atoms with Gasteiger partial charge in [0.2, 0.25) is 17.7 Å². The monoisotopic (exact) mass is 395 g/mol. The Balaban J connectivity index is 1.29. The maximum Gasteiger partial charge on any atom is 0.246 e. The van der Waals surface area contributed by atoms with Crippen LogP contribution >= 0.6 is 0 Å². The van der Waals surface area contributed by atoms with Crippen LogP contribution in [-0.4, -0.2) is 44.5 Å². The Morgan fingerprint density at radius 1 is 1.24 bits per heavy atom. The number of likely N-dealkylation sites (tertiary alicyclic amines) is 1. The molecular weight excluding hydrogens is 370 g/mol. The van der Waals surface area contributed by atoms with Gasteiger partial charge in [-0.3, -0.25) is 9.59 Å². The van der Waals surface area contributed by atoms with Gasteiger partial charge in [-0.05, 0) is 31.4 Å². The summed E-state index contributed by atoms with van der Waals surface area (Å²) in [6.07, 6.45) is 3.74. The molecule has 0 atom stereocenters. The minimum absolute atomic E-state index is 0.0259. The number of aryl methyl sites for hydroxylation is 2. The van der Waals surface area contributed by atoms with E-state index in [4.69, 9.17) is 4.52 Å². The van der Waals surface area contributed by atoms with Crippen molar-refractivity contribution >= 4 is 22.7 Å². The van der Waals surface area contributed by atoms with Crippen molar-refractivity contribution in [1.29, 1.82) is 0 Å². The van der Waals surface area contributed by atoms with Crippen LogP contribution in [0.3, 0.4) is 0 Å². The Labute approximate surface area is 168 Å². The molecule has 1 saturated heterocycles. The Morgan fingerprint density at radius 3 is 2.72 bits per heavy atom. The fourth-order valence-electron chi connectivity index (χ4n) is 3.95. The zero-order valence-electron chi connectivity index (χ0n) is 16.7. The minimum atomic E-state index is -0.0966. The summed E-state index contributed by atoms with van der Waals surface area (Å²) in [5.41, 5.74) is 2.17. The van der Waals surface area contributed by atoms with E-state index in [9.17, 15) is 9.59 Å². The first kappa shape index (κ1) is 19.2. The first-order valence-electron chi connectivity index (χ1n) is 9.89. The Bertz CT molecular complexity index is 1030. The Hall–Kier alpha value is -3.16. The molecule has 1 aliphatic heterocycles. The van der Waals surface area contributed by atoms with Crippen molar-refractivity contribution in [2.24, 2.45) is 13.0 Å². The molecular formula is C21H25N5O3. The second kappa shape index (κ2) is 8.06. The summed E-state index contributed by atoms with van der Waals surface area (Å²) >= 11 is 0. The number of hydrogen-bond acceptors (Lipinski definition) is 5. The van der Waals surface area contributed by atoms with Gasteiger partial charge in [0, 0.05) is 43.2 Å². The molecule has 0 unspecified atom stereocenters. The van der Waals surface area contributed by atoms with Crippen molar-refractivity contribution in [2.45, 2.75) is 32.7 Å². The van der Waals surface area contributed by atoms with Crippen molar-refractivity contribution in [3.05, 3.63) is 47.7 Å². The number of hydrogen-bond donors (Lipinski definition) is 1. The lowest BCUT2D eigenvalue weighted by atomic mass is 9.95. The van der Waals surface area contributed by atoms with Crippen molar-refractivity contribution in [2.75, 3.05) is 13.1 Å². The molecule has 2 aromatic heterocycles. The van der Waals surface area contributed by atoms with E-state index in [1.807, 2.05) is 30.3 Å². The van der Waals surface area contributed by atoms with Crippen molar-refractivity contribution in [1.82, 2.24) is 24.9 Å². The maximum absolute atomic E-state index is 12.8. The summed E-state index contributed by atoms with van der Waals surface area (Å²) in [6.45, 7) is 3.17. The highest BCUT2D eigenvalue weighted by atomic mass is 16.5. The van der Waals surface area contributed by atoms with E-state index < -0.39 is 0 Å². The summed E-state index contributed by atoms with van der Waals surface area (Å²) in [5.74, 6) is 0.940. The highest BCUT2D eigenvalue weighted by Gasteiger charge is 2.27. The van der Waals surface area contributed by atoms with Gasteiger partial charge in [0.15, 0.2) is 5.82 Å². The number of aromatic nitrogens is 3. The number of benzene rings is 1. The fourth-order valence-corrected chi connectivity index (χ4v) is 3.95. The van der Waals surface area contributed by atoms with Gasteiger partial charge >= 0.3 is 0 Å². The number of amides is 2. The molecule has 8 heteroatoms. The molecule has 0 bridgehead atoms. The largest absolute Gasteiger partial charge is 0.350 e. The van der Waals surface area contributed by atoms with Gasteiger partial charge in [-0.15, -0.1) is 0 Å². The van der Waals surface area contributed by atoms with Crippen LogP contribution in [-0.2, 0) is 29.6 Å². The molecule has 152 valence electrons. The number of rotatable bonds is 5. The molecule has 29 heavy (non-hydrogen) atoms. The van der Waals surface area contributed by atoms with Crippen LogP contribution < -0.4 is 5.32 Å². The van der Waals surface area contributed by atoms with E-state index in [0.717, 1.165) is 16.5 Å². The van der Waals surface area contributed by atoms with E-state index in [-0.39, 0.29) is 24.3 Å². The van der Waals surface area contributed by atoms with Crippen molar-refractivity contribution in [3.8, 4) is 0 Å². The van der Waals surface area contributed by atoms with Crippen LogP contribution in [0, 0.1) is 12.8 Å². The molecule has 0 saturated carbocycles. The van der Waals surface area contributed by atoms with E-state index in [2.05, 4.69) is 32.2 Å². The molecule has 1 aromatic carbocycles. The number of nitrogens with zero attached hydrogens (tertiary/aromatic N) is 4. The predicted molar refractivity (Wildman–Crippen MR) is 107 cm³/mol. The van der Waals surface area contributed by atoms with Gasteiger partial charge in [0.05, 0.1) is 13.0 Å². The number of carbonyl (C=O) groups is 2. The molecule has 1 aliphatic rings. The lowest BCUT2D eigenvalue weighted by molar-refractivity contribution is -0.135. The predicted octanol–water partition coefficient (Wildman–Crippen LogP) is 1.97. The van der Waals surface area contributed by atoms with E-state index >= 15 is 0 Å². The molecule has 4 rings (SSSR count). The van der Waals surface area contributed by atoms with Crippen molar-refractivity contribution < 1.29 is 14.1 Å². The van der Waals surface area contributed by atoms with Crippen molar-refractivity contribution in [3.63, 3.8) is 0 Å². The molecule has 0 spiro atoms. The van der Waals surface area contributed by atoms with E-state index in [1.54, 1.807) is 6.92 Å². The summed E-state index contributed by atoms with van der Waals surface area (Å²) in [6, 6.07) is 8.11. The van der Waals surface area contributed by atoms with Gasteiger partial charge in [-0.1, -0.05) is 23.4 Å². The fraction of sp³-hybridized carbons (Fsp3) is 0.429. The third kappa shape index (κ3) is 4.16. The van der Waals surface area contributed by atoms with E-state index in [1.165, 1.54) is 0 Å². The molecule has 0 aliphatic carbocycles. The summed E-state index contributed by atoms with van der Waals surface area (Å²) in [5, 5.41) is 7.67. The third-order valence-electron chi connectivity index (χ3n) is 5.52. The quantitative estimate of drug-likeness (QED) is 0.713. The van der Waals surface area contributed by atoms with Crippen LogP contribution in [0.2, 0.25) is 0 Å². The molecule has 8 nitrogen and oxygen atoms in total. The molecule has 3 heterocycles. The zero-order valence-corrected chi connectivity index (χ0v) is 16.7. The first-order valence-corrected chi connectivity index (χ1v) is 9.89. The van der Waals surface area contributed by atoms with Gasteiger partial charge in [0.1, 0.15) is 0 Å². The van der Waals surface area contributed by atoms with Gasteiger partial charge in [-0.2, -0.15) is 4.98 Å². The van der Waals surface area contributed by atoms with Crippen LogP contribution in [0.1, 0.15) is 30.1 Å². The molecule has 1 N–H and O–H groups in total. The number of para-hydroxylation sites is 1. The van der Waals surface area contributed by atoms with Crippen LogP contribution in [0.4, 0.5) is 0 Å². The summed E-state index contributed by atoms with van der Waals surface area (Å²) in [7, 11) is 2.00. The van der Waals surface area contributed by atoms with Gasteiger partial charge < -0.3 is 19.3 Å². The van der Waals surface area contributed by atoms with Crippen LogP contribution in [0.25, 0.3) is 10.9 Å². The number of carbonyl (C=O) groups excluding carboxylic acids is 2. The highest BCUT2D eigenvalue weighted by Crippen LogP contribution is 2.23. The SMILES string of the molecule is Cc1noc(CNC(=O)C2CCN(C(=O)Cc3cn(C)c4ccccc34)CC2)n1. The summed E-state index contributed by atoms with van der Waals surface area (Å²) < 4.78 is 7.06. The van der Waals surface area contributed by atoms with Gasteiger partial charge in [0.25, 0.3) is 0 Å². The lowest BCUT2D eigenvalue weighted by Crippen LogP contribution is -2.43.